The Balaban J connectivity index is 2.44. The van der Waals surface area contributed by atoms with Gasteiger partial charge in [-0.05, 0) is 30.3 Å². The maximum absolute atomic E-state index is 12.6. The van der Waals surface area contributed by atoms with Gasteiger partial charge in [-0.15, -0.1) is 13.2 Å². The minimum absolute atomic E-state index is 0.0782. The molecule has 11 heteroatoms. The molecule has 0 saturated carbocycles. The molecule has 0 aliphatic heterocycles. The lowest BCUT2D eigenvalue weighted by atomic mass is 10.2. The lowest BCUT2D eigenvalue weighted by Gasteiger charge is -2.16. The molecule has 2 aromatic carbocycles. The van der Waals surface area contributed by atoms with Crippen molar-refractivity contribution >= 4 is 27.3 Å². The number of sulfonamides is 1. The van der Waals surface area contributed by atoms with Crippen LogP contribution in [0.15, 0.2) is 47.4 Å². The highest BCUT2D eigenvalue weighted by molar-refractivity contribution is 7.92. The van der Waals surface area contributed by atoms with E-state index in [0.717, 1.165) is 12.1 Å². The van der Waals surface area contributed by atoms with Crippen LogP contribution in [-0.4, -0.2) is 27.8 Å². The molecular weight excluding hydrogens is 389 g/mol. The van der Waals surface area contributed by atoms with Crippen molar-refractivity contribution in [2.24, 2.45) is 0 Å². The summed E-state index contributed by atoms with van der Waals surface area (Å²) in [6.07, 6.45) is -5.06. The fourth-order valence-electron chi connectivity index (χ4n) is 2.15. The van der Waals surface area contributed by atoms with Crippen molar-refractivity contribution in [3.8, 4) is 11.5 Å². The first kappa shape index (κ1) is 20.4. The Bertz CT molecular complexity index is 945. The van der Waals surface area contributed by atoms with Gasteiger partial charge in [-0.25, -0.2) is 8.42 Å². The summed E-state index contributed by atoms with van der Waals surface area (Å²) in [6, 6.07) is 8.44. The Morgan fingerprint density at radius 3 is 2.33 bits per heavy atom. The standard InChI is InChI=1S/C16H15F3N2O5S/c1-10(22)20-11-7-8-13(25-2)12(9-11)21-27(23,24)15-6-4-3-5-14(15)26-16(17,18)19/h3-9,21H,1-2H3,(H,20,22). The van der Waals surface area contributed by atoms with Gasteiger partial charge in [0.1, 0.15) is 16.4 Å². The highest BCUT2D eigenvalue weighted by Gasteiger charge is 2.34. The largest absolute Gasteiger partial charge is 0.573 e. The number of benzene rings is 2. The summed E-state index contributed by atoms with van der Waals surface area (Å²) in [5, 5.41) is 2.46. The van der Waals surface area contributed by atoms with Gasteiger partial charge in [-0.2, -0.15) is 0 Å². The molecule has 0 aliphatic carbocycles. The van der Waals surface area contributed by atoms with Crippen LogP contribution in [0, 0.1) is 0 Å². The van der Waals surface area contributed by atoms with Crippen molar-refractivity contribution < 1.29 is 35.9 Å². The van der Waals surface area contributed by atoms with E-state index in [-0.39, 0.29) is 17.1 Å². The molecule has 0 spiro atoms. The number of amides is 1. The predicted octanol–water partition coefficient (Wildman–Crippen LogP) is 3.35. The van der Waals surface area contributed by atoms with E-state index >= 15 is 0 Å². The number of ether oxygens (including phenoxy) is 2. The third-order valence-electron chi connectivity index (χ3n) is 3.13. The second-order valence-corrected chi connectivity index (χ2v) is 6.85. The van der Waals surface area contributed by atoms with Crippen molar-refractivity contribution in [2.45, 2.75) is 18.2 Å². The molecule has 0 aromatic heterocycles. The summed E-state index contributed by atoms with van der Waals surface area (Å²) < 4.78 is 73.8. The average molecular weight is 404 g/mol. The van der Waals surface area contributed by atoms with Gasteiger partial charge in [-0.3, -0.25) is 9.52 Å². The van der Waals surface area contributed by atoms with E-state index in [1.165, 1.54) is 44.4 Å². The Hall–Kier alpha value is -2.95. The number of hydrogen-bond acceptors (Lipinski definition) is 5. The van der Waals surface area contributed by atoms with Crippen LogP contribution in [0.2, 0.25) is 0 Å². The van der Waals surface area contributed by atoms with Crippen molar-refractivity contribution in [3.63, 3.8) is 0 Å². The van der Waals surface area contributed by atoms with Crippen molar-refractivity contribution in [1.29, 1.82) is 0 Å². The van der Waals surface area contributed by atoms with Gasteiger partial charge in [0.25, 0.3) is 10.0 Å². The quantitative estimate of drug-likeness (QED) is 0.770. The molecule has 2 rings (SSSR count). The van der Waals surface area contributed by atoms with Crippen LogP contribution in [0.3, 0.4) is 0 Å². The van der Waals surface area contributed by atoms with Crippen LogP contribution >= 0.6 is 0 Å². The molecule has 0 atom stereocenters. The minimum atomic E-state index is -5.06. The second kappa shape index (κ2) is 7.74. The molecule has 146 valence electrons. The van der Waals surface area contributed by atoms with E-state index in [1.807, 2.05) is 0 Å². The third-order valence-corrected chi connectivity index (χ3v) is 4.53. The van der Waals surface area contributed by atoms with Gasteiger partial charge in [0.15, 0.2) is 0 Å². The normalized spacial score (nSPS) is 11.6. The van der Waals surface area contributed by atoms with E-state index in [9.17, 15) is 26.4 Å². The van der Waals surface area contributed by atoms with Crippen LogP contribution in [0.1, 0.15) is 6.92 Å². The molecule has 7 nitrogen and oxygen atoms in total. The molecular formula is C16H15F3N2O5S. The highest BCUT2D eigenvalue weighted by atomic mass is 32.2. The van der Waals surface area contributed by atoms with Gasteiger partial charge >= 0.3 is 6.36 Å². The van der Waals surface area contributed by atoms with Crippen molar-refractivity contribution in [1.82, 2.24) is 0 Å². The Labute approximate surface area is 153 Å². The first-order valence-electron chi connectivity index (χ1n) is 7.35. The number of para-hydroxylation sites is 1. The third kappa shape index (κ3) is 5.51. The van der Waals surface area contributed by atoms with Crippen LogP contribution in [0.4, 0.5) is 24.5 Å². The zero-order chi connectivity index (χ0) is 20.2. The average Bonchev–Trinajstić information content (AvgIpc) is 2.53. The zero-order valence-electron chi connectivity index (χ0n) is 14.1. The van der Waals surface area contributed by atoms with Gasteiger partial charge < -0.3 is 14.8 Å². The van der Waals surface area contributed by atoms with E-state index in [2.05, 4.69) is 14.8 Å². The van der Waals surface area contributed by atoms with Crippen LogP contribution < -0.4 is 19.5 Å². The topological polar surface area (TPSA) is 93.7 Å². The lowest BCUT2D eigenvalue weighted by Crippen LogP contribution is -2.21. The smallest absolute Gasteiger partial charge is 0.495 e. The monoisotopic (exact) mass is 404 g/mol. The molecule has 0 saturated heterocycles. The minimum Gasteiger partial charge on any atom is -0.495 e. The van der Waals surface area contributed by atoms with Gasteiger partial charge in [0.2, 0.25) is 5.91 Å². The van der Waals surface area contributed by atoms with E-state index in [0.29, 0.717) is 0 Å². The van der Waals surface area contributed by atoms with Gasteiger partial charge in [0.05, 0.1) is 12.8 Å². The Kier molecular flexibility index (Phi) is 5.84. The number of anilines is 2. The van der Waals surface area contributed by atoms with E-state index in [4.69, 9.17) is 4.74 Å². The first-order valence-corrected chi connectivity index (χ1v) is 8.83. The molecule has 0 radical (unpaired) electrons. The summed E-state index contributed by atoms with van der Waals surface area (Å²) in [4.78, 5) is 10.4. The Morgan fingerprint density at radius 2 is 1.74 bits per heavy atom. The van der Waals surface area contributed by atoms with Crippen molar-refractivity contribution in [2.75, 3.05) is 17.1 Å². The molecule has 2 N–H and O–H groups in total. The zero-order valence-corrected chi connectivity index (χ0v) is 14.9. The summed E-state index contributed by atoms with van der Waals surface area (Å²) in [5.74, 6) is -1.17. The molecule has 27 heavy (non-hydrogen) atoms. The predicted molar refractivity (Wildman–Crippen MR) is 91.2 cm³/mol. The number of rotatable bonds is 6. The molecule has 0 fully saturated rings. The summed E-state index contributed by atoms with van der Waals surface area (Å²) in [5.41, 5.74) is 0.186. The number of halogens is 3. The summed E-state index contributed by atoms with van der Waals surface area (Å²) in [6.45, 7) is 1.26. The molecule has 1 amide bonds. The number of nitrogens with one attached hydrogen (secondary N) is 2. The first-order chi connectivity index (χ1) is 12.5. The fraction of sp³-hybridized carbons (Fsp3) is 0.188. The van der Waals surface area contributed by atoms with Crippen molar-refractivity contribution in [3.05, 3.63) is 42.5 Å². The SMILES string of the molecule is COc1ccc(NC(C)=O)cc1NS(=O)(=O)c1ccccc1OC(F)(F)F. The van der Waals surface area contributed by atoms with Crippen LogP contribution in [0.5, 0.6) is 11.5 Å². The number of hydrogen-bond donors (Lipinski definition) is 2. The lowest BCUT2D eigenvalue weighted by molar-refractivity contribution is -0.275. The maximum atomic E-state index is 12.6. The van der Waals surface area contributed by atoms with Gasteiger partial charge in [-0.1, -0.05) is 12.1 Å². The number of methoxy groups -OCH3 is 1. The van der Waals surface area contributed by atoms with Crippen LogP contribution in [0.25, 0.3) is 0 Å². The molecule has 2 aromatic rings. The summed E-state index contributed by atoms with van der Waals surface area (Å²) >= 11 is 0. The molecule has 0 aliphatic rings. The van der Waals surface area contributed by atoms with E-state index in [1.54, 1.807) is 0 Å². The number of alkyl halides is 3. The Morgan fingerprint density at radius 1 is 1.07 bits per heavy atom. The molecule has 0 heterocycles. The van der Waals surface area contributed by atoms with Gasteiger partial charge in [0, 0.05) is 12.6 Å². The molecule has 0 unspecified atom stereocenters. The van der Waals surface area contributed by atoms with E-state index < -0.39 is 32.9 Å². The number of carbonyl (C=O) groups excluding carboxylic acids is 1. The maximum Gasteiger partial charge on any atom is 0.573 e. The molecule has 0 bridgehead atoms. The second-order valence-electron chi connectivity index (χ2n) is 5.20. The fourth-order valence-corrected chi connectivity index (χ4v) is 3.34. The summed E-state index contributed by atoms with van der Waals surface area (Å²) in [7, 11) is -3.18. The highest BCUT2D eigenvalue weighted by Crippen LogP contribution is 2.34. The van der Waals surface area contributed by atoms with Crippen LogP contribution in [-0.2, 0) is 14.8 Å². The number of carbonyl (C=O) groups is 1.